The van der Waals surface area contributed by atoms with E-state index in [0.717, 1.165) is 36.9 Å². The summed E-state index contributed by atoms with van der Waals surface area (Å²) in [5.41, 5.74) is 2.48. The van der Waals surface area contributed by atoms with Crippen molar-refractivity contribution in [3.8, 4) is 6.07 Å². The Kier molecular flexibility index (Phi) is 5.24. The highest BCUT2D eigenvalue weighted by Crippen LogP contribution is 2.36. The molecule has 0 fully saturated rings. The van der Waals surface area contributed by atoms with Crippen LogP contribution in [0.3, 0.4) is 0 Å². The molecular formula is C18H17N3OS2. The molecule has 122 valence electrons. The predicted molar refractivity (Wildman–Crippen MR) is 102 cm³/mol. The number of fused-ring (bicyclic) bond motifs is 1. The van der Waals surface area contributed by atoms with E-state index in [0.29, 0.717) is 10.6 Å². The quantitative estimate of drug-likeness (QED) is 0.624. The minimum Gasteiger partial charge on any atom is -0.342 e. The van der Waals surface area contributed by atoms with E-state index >= 15 is 0 Å². The third-order valence-corrected chi connectivity index (χ3v) is 5.49. The number of carbonyl (C=O) groups excluding carboxylic acids is 1. The zero-order chi connectivity index (χ0) is 16.9. The molecule has 1 aliphatic rings. The maximum Gasteiger partial charge on any atom is 0.284 e. The fourth-order valence-corrected chi connectivity index (χ4v) is 4.22. The van der Waals surface area contributed by atoms with E-state index in [2.05, 4.69) is 16.7 Å². The SMILES string of the molecule is N#Cc1c(NC(=O)C(=S)Nc2ccccc2)sc2c1CCCCC2. The number of nitrogens with zero attached hydrogens (tertiary/aromatic N) is 1. The Hall–Kier alpha value is -2.23. The lowest BCUT2D eigenvalue weighted by Crippen LogP contribution is -2.27. The summed E-state index contributed by atoms with van der Waals surface area (Å²) in [5, 5.41) is 15.8. The number of anilines is 2. The number of thiophene rings is 1. The molecule has 24 heavy (non-hydrogen) atoms. The first-order valence-electron chi connectivity index (χ1n) is 7.91. The van der Waals surface area contributed by atoms with Gasteiger partial charge in [0.25, 0.3) is 5.91 Å². The Morgan fingerprint density at radius 1 is 1.12 bits per heavy atom. The molecule has 0 spiro atoms. The van der Waals surface area contributed by atoms with Crippen molar-refractivity contribution in [3.05, 3.63) is 46.3 Å². The molecule has 1 heterocycles. The number of thiocarbonyl (C=S) groups is 1. The van der Waals surface area contributed by atoms with Crippen molar-refractivity contribution in [2.24, 2.45) is 0 Å². The fourth-order valence-electron chi connectivity index (χ4n) is 2.82. The van der Waals surface area contributed by atoms with Crippen LogP contribution < -0.4 is 10.6 Å². The van der Waals surface area contributed by atoms with Crippen molar-refractivity contribution in [1.29, 1.82) is 5.26 Å². The summed E-state index contributed by atoms with van der Waals surface area (Å²) in [7, 11) is 0. The van der Waals surface area contributed by atoms with Gasteiger partial charge in [-0.1, -0.05) is 36.8 Å². The number of amides is 1. The van der Waals surface area contributed by atoms with Gasteiger partial charge in [-0.2, -0.15) is 5.26 Å². The second-order valence-corrected chi connectivity index (χ2v) is 7.17. The van der Waals surface area contributed by atoms with E-state index in [-0.39, 0.29) is 10.9 Å². The van der Waals surface area contributed by atoms with Crippen LogP contribution >= 0.6 is 23.6 Å². The monoisotopic (exact) mass is 355 g/mol. The molecule has 4 nitrogen and oxygen atoms in total. The zero-order valence-electron chi connectivity index (χ0n) is 13.1. The Morgan fingerprint density at radius 2 is 1.88 bits per heavy atom. The second kappa shape index (κ2) is 7.56. The highest BCUT2D eigenvalue weighted by Gasteiger charge is 2.22. The van der Waals surface area contributed by atoms with Crippen LogP contribution in [0, 0.1) is 11.3 Å². The van der Waals surface area contributed by atoms with Crippen molar-refractivity contribution in [3.63, 3.8) is 0 Å². The van der Waals surface area contributed by atoms with Gasteiger partial charge in [0.1, 0.15) is 11.1 Å². The van der Waals surface area contributed by atoms with Gasteiger partial charge in [-0.25, -0.2) is 0 Å². The van der Waals surface area contributed by atoms with Crippen LogP contribution in [0.2, 0.25) is 0 Å². The normalized spacial score (nSPS) is 13.3. The number of rotatable bonds is 2. The molecule has 3 rings (SSSR count). The molecule has 0 unspecified atom stereocenters. The minimum atomic E-state index is -0.387. The Balaban J connectivity index is 1.75. The molecule has 0 atom stereocenters. The topological polar surface area (TPSA) is 64.9 Å². The molecule has 0 aliphatic heterocycles. The number of nitriles is 1. The predicted octanol–water partition coefficient (Wildman–Crippen LogP) is 4.27. The highest BCUT2D eigenvalue weighted by molar-refractivity contribution is 7.82. The standard InChI is InChI=1S/C18H17N3OS2/c19-11-14-13-9-5-2-6-10-15(13)24-18(14)21-16(22)17(23)20-12-7-3-1-4-8-12/h1,3-4,7-8H,2,5-6,9-10H2,(H,20,23)(H,21,22). The van der Waals surface area contributed by atoms with Gasteiger partial charge in [0.15, 0.2) is 4.99 Å². The molecule has 2 aromatic rings. The summed E-state index contributed by atoms with van der Waals surface area (Å²) in [6.45, 7) is 0. The molecule has 0 bridgehead atoms. The van der Waals surface area contributed by atoms with E-state index in [9.17, 15) is 10.1 Å². The Morgan fingerprint density at radius 3 is 2.62 bits per heavy atom. The number of aryl methyl sites for hydroxylation is 1. The van der Waals surface area contributed by atoms with Gasteiger partial charge >= 0.3 is 0 Å². The number of hydrogen-bond acceptors (Lipinski definition) is 4. The summed E-state index contributed by atoms with van der Waals surface area (Å²) in [4.78, 5) is 13.7. The minimum absolute atomic E-state index is 0.0914. The molecule has 6 heteroatoms. The number of hydrogen-bond donors (Lipinski definition) is 2. The number of nitrogens with one attached hydrogen (secondary N) is 2. The average molecular weight is 355 g/mol. The lowest BCUT2D eigenvalue weighted by atomic mass is 10.1. The van der Waals surface area contributed by atoms with Crippen molar-refractivity contribution < 1.29 is 4.79 Å². The Labute approximate surface area is 150 Å². The Bertz CT molecular complexity index is 806. The van der Waals surface area contributed by atoms with Gasteiger partial charge in [0, 0.05) is 10.6 Å². The fraction of sp³-hybridized carbons (Fsp3) is 0.278. The van der Waals surface area contributed by atoms with Gasteiger partial charge in [-0.05, 0) is 43.4 Å². The first kappa shape index (κ1) is 16.6. The first-order chi connectivity index (χ1) is 11.7. The number of para-hydroxylation sites is 1. The van der Waals surface area contributed by atoms with Crippen molar-refractivity contribution in [2.45, 2.75) is 32.1 Å². The van der Waals surface area contributed by atoms with E-state index < -0.39 is 0 Å². The van der Waals surface area contributed by atoms with E-state index in [4.69, 9.17) is 12.2 Å². The van der Waals surface area contributed by atoms with Crippen LogP contribution in [0.5, 0.6) is 0 Å². The molecule has 2 N–H and O–H groups in total. The molecule has 1 aromatic carbocycles. The van der Waals surface area contributed by atoms with Gasteiger partial charge in [-0.3, -0.25) is 4.79 Å². The van der Waals surface area contributed by atoms with Gasteiger partial charge in [-0.15, -0.1) is 11.3 Å². The summed E-state index contributed by atoms with van der Waals surface area (Å²) >= 11 is 6.68. The average Bonchev–Trinajstić information content (AvgIpc) is 2.75. The molecule has 0 saturated carbocycles. The summed E-state index contributed by atoms with van der Waals surface area (Å²) in [6.07, 6.45) is 5.33. The van der Waals surface area contributed by atoms with E-state index in [1.165, 1.54) is 22.6 Å². The molecule has 1 amide bonds. The largest absolute Gasteiger partial charge is 0.342 e. The molecule has 1 aliphatic carbocycles. The van der Waals surface area contributed by atoms with Crippen molar-refractivity contribution in [2.75, 3.05) is 10.6 Å². The number of carbonyl (C=O) groups is 1. The maximum atomic E-state index is 12.3. The lowest BCUT2D eigenvalue weighted by molar-refractivity contribution is -0.110. The van der Waals surface area contributed by atoms with Crippen LogP contribution in [-0.4, -0.2) is 10.9 Å². The highest BCUT2D eigenvalue weighted by atomic mass is 32.1. The molecule has 0 radical (unpaired) electrons. The van der Waals surface area contributed by atoms with Gasteiger partial charge in [0.05, 0.1) is 5.56 Å². The molecular weight excluding hydrogens is 338 g/mol. The zero-order valence-corrected chi connectivity index (χ0v) is 14.7. The first-order valence-corrected chi connectivity index (χ1v) is 9.13. The summed E-state index contributed by atoms with van der Waals surface area (Å²) in [5.74, 6) is -0.387. The smallest absolute Gasteiger partial charge is 0.284 e. The second-order valence-electron chi connectivity index (χ2n) is 5.65. The van der Waals surface area contributed by atoms with Crippen LogP contribution in [0.15, 0.2) is 30.3 Å². The lowest BCUT2D eigenvalue weighted by Gasteiger charge is -2.08. The third-order valence-electron chi connectivity index (χ3n) is 4.00. The van der Waals surface area contributed by atoms with E-state index in [1.807, 2.05) is 30.3 Å². The molecule has 1 aromatic heterocycles. The van der Waals surface area contributed by atoms with Crippen LogP contribution in [0.25, 0.3) is 0 Å². The van der Waals surface area contributed by atoms with Crippen LogP contribution in [0.4, 0.5) is 10.7 Å². The summed E-state index contributed by atoms with van der Waals surface area (Å²) < 4.78 is 0. The van der Waals surface area contributed by atoms with Gasteiger partial charge in [0.2, 0.25) is 0 Å². The van der Waals surface area contributed by atoms with E-state index in [1.54, 1.807) is 0 Å². The number of benzene rings is 1. The van der Waals surface area contributed by atoms with Crippen LogP contribution in [0.1, 0.15) is 35.3 Å². The van der Waals surface area contributed by atoms with Crippen molar-refractivity contribution >= 4 is 45.1 Å². The van der Waals surface area contributed by atoms with Crippen LogP contribution in [-0.2, 0) is 17.6 Å². The maximum absolute atomic E-state index is 12.3. The third kappa shape index (κ3) is 3.64. The van der Waals surface area contributed by atoms with Crippen molar-refractivity contribution in [1.82, 2.24) is 0 Å². The molecule has 0 saturated heterocycles. The van der Waals surface area contributed by atoms with Gasteiger partial charge < -0.3 is 10.6 Å². The summed E-state index contributed by atoms with van der Waals surface area (Å²) in [6, 6.07) is 11.6.